The van der Waals surface area contributed by atoms with E-state index in [4.69, 9.17) is 14.2 Å². The molecule has 6 atom stereocenters. The predicted molar refractivity (Wildman–Crippen MR) is 130 cm³/mol. The monoisotopic (exact) mass is 452 g/mol. The Kier molecular flexibility index (Phi) is 5.19. The van der Waals surface area contributed by atoms with E-state index in [9.17, 15) is 4.79 Å². The second kappa shape index (κ2) is 7.52. The molecule has 33 heavy (non-hydrogen) atoms. The van der Waals surface area contributed by atoms with Crippen LogP contribution in [0.15, 0.2) is 23.8 Å². The maximum Gasteiger partial charge on any atom is 0.311 e. The normalized spacial score (nSPS) is 38.7. The van der Waals surface area contributed by atoms with Crippen molar-refractivity contribution in [2.75, 3.05) is 21.3 Å². The molecule has 0 heterocycles. The van der Waals surface area contributed by atoms with Crippen LogP contribution in [0.3, 0.4) is 0 Å². The molecular weight excluding hydrogens is 412 g/mol. The number of carbonyl (C=O) groups excluding carboxylic acids is 1. The van der Waals surface area contributed by atoms with Gasteiger partial charge < -0.3 is 14.2 Å². The highest BCUT2D eigenvalue weighted by Crippen LogP contribution is 2.73. The van der Waals surface area contributed by atoms with E-state index >= 15 is 0 Å². The van der Waals surface area contributed by atoms with E-state index in [1.165, 1.54) is 17.5 Å². The largest absolute Gasteiger partial charge is 0.496 e. The average Bonchev–Trinajstić information content (AvgIpc) is 2.82. The van der Waals surface area contributed by atoms with Crippen molar-refractivity contribution < 1.29 is 19.0 Å². The summed E-state index contributed by atoms with van der Waals surface area (Å²) >= 11 is 0. The summed E-state index contributed by atoms with van der Waals surface area (Å²) in [6.45, 7) is 9.31. The molecule has 1 aromatic carbocycles. The number of hydrogen-bond donors (Lipinski definition) is 0. The molecule has 1 aromatic rings. The Morgan fingerprint density at radius 2 is 1.70 bits per heavy atom. The molecule has 2 bridgehead atoms. The summed E-state index contributed by atoms with van der Waals surface area (Å²) in [5, 5.41) is 0. The minimum Gasteiger partial charge on any atom is -0.496 e. The lowest BCUT2D eigenvalue weighted by atomic mass is 9.37. The smallest absolute Gasteiger partial charge is 0.311 e. The van der Waals surface area contributed by atoms with Crippen molar-refractivity contribution in [2.45, 2.75) is 77.6 Å². The van der Waals surface area contributed by atoms with Crippen molar-refractivity contribution in [3.05, 3.63) is 34.9 Å². The quantitative estimate of drug-likeness (QED) is 0.390. The van der Waals surface area contributed by atoms with Crippen LogP contribution in [0.2, 0.25) is 0 Å². The van der Waals surface area contributed by atoms with Gasteiger partial charge in [0.1, 0.15) is 11.5 Å². The summed E-state index contributed by atoms with van der Waals surface area (Å²) in [6.07, 6.45) is 9.05. The fourth-order valence-electron chi connectivity index (χ4n) is 9.00. The first kappa shape index (κ1) is 22.8. The molecular formula is C29H40O4. The van der Waals surface area contributed by atoms with Crippen LogP contribution >= 0.6 is 0 Å². The van der Waals surface area contributed by atoms with E-state index in [2.05, 4.69) is 45.9 Å². The van der Waals surface area contributed by atoms with Crippen molar-refractivity contribution in [3.63, 3.8) is 0 Å². The van der Waals surface area contributed by atoms with E-state index in [1.807, 2.05) is 0 Å². The van der Waals surface area contributed by atoms with Gasteiger partial charge in [0.15, 0.2) is 0 Å². The number of methoxy groups -OCH3 is 3. The first-order valence-corrected chi connectivity index (χ1v) is 12.7. The number of rotatable bonds is 4. The fraction of sp³-hybridized carbons (Fsp3) is 0.690. The van der Waals surface area contributed by atoms with Gasteiger partial charge in [0.2, 0.25) is 0 Å². The first-order chi connectivity index (χ1) is 15.7. The van der Waals surface area contributed by atoms with Gasteiger partial charge >= 0.3 is 5.97 Å². The van der Waals surface area contributed by atoms with Gasteiger partial charge in [-0.25, -0.2) is 0 Å². The highest BCUT2D eigenvalue weighted by atomic mass is 16.5. The molecule has 0 aliphatic heterocycles. The van der Waals surface area contributed by atoms with Crippen molar-refractivity contribution in [1.29, 1.82) is 0 Å². The molecule has 0 N–H and O–H groups in total. The Morgan fingerprint density at radius 3 is 2.33 bits per heavy atom. The van der Waals surface area contributed by atoms with E-state index in [0.717, 1.165) is 43.6 Å². The lowest BCUT2D eigenvalue weighted by Gasteiger charge is -2.66. The Hall–Kier alpha value is -1.97. The number of allylic oxidation sites excluding steroid dienone is 2. The van der Waals surface area contributed by atoms with Crippen LogP contribution in [0.25, 0.3) is 0 Å². The molecule has 0 unspecified atom stereocenters. The van der Waals surface area contributed by atoms with E-state index in [-0.39, 0.29) is 16.8 Å². The SMILES string of the molecule is COC(=O)[C@@]1(C)CCC[C@@]2(C)[C@H]1CC[C@@]13C=C(C(C)C)[C@H](C[C@H]21)c1c(OC)ccc(OC)c13. The van der Waals surface area contributed by atoms with Crippen molar-refractivity contribution in [2.24, 2.45) is 28.6 Å². The van der Waals surface area contributed by atoms with Crippen molar-refractivity contribution in [1.82, 2.24) is 0 Å². The van der Waals surface area contributed by atoms with Crippen LogP contribution in [-0.4, -0.2) is 27.3 Å². The Balaban J connectivity index is 1.73. The van der Waals surface area contributed by atoms with E-state index < -0.39 is 5.41 Å². The molecule has 4 nitrogen and oxygen atoms in total. The van der Waals surface area contributed by atoms with Gasteiger partial charge in [-0.1, -0.05) is 38.8 Å². The molecule has 180 valence electrons. The molecule has 5 aliphatic rings. The van der Waals surface area contributed by atoms with Gasteiger partial charge in [-0.05, 0) is 74.3 Å². The maximum atomic E-state index is 13.1. The molecule has 0 saturated heterocycles. The molecule has 5 aliphatic carbocycles. The summed E-state index contributed by atoms with van der Waals surface area (Å²) in [7, 11) is 5.14. The van der Waals surface area contributed by atoms with Crippen molar-refractivity contribution >= 4 is 5.97 Å². The molecule has 0 aromatic heterocycles. The highest BCUT2D eigenvalue weighted by molar-refractivity contribution is 5.77. The van der Waals surface area contributed by atoms with Crippen LogP contribution in [-0.2, 0) is 14.9 Å². The van der Waals surface area contributed by atoms with Crippen LogP contribution in [0.1, 0.15) is 83.3 Å². The summed E-state index contributed by atoms with van der Waals surface area (Å²) in [5.41, 5.74) is 3.89. The van der Waals surface area contributed by atoms with Crippen LogP contribution in [0.5, 0.6) is 11.5 Å². The third kappa shape index (κ3) is 2.79. The lowest BCUT2D eigenvalue weighted by Crippen LogP contribution is -2.62. The molecule has 6 rings (SSSR count). The highest BCUT2D eigenvalue weighted by Gasteiger charge is 2.66. The number of hydrogen-bond acceptors (Lipinski definition) is 4. The molecule has 2 fully saturated rings. The average molecular weight is 453 g/mol. The Morgan fingerprint density at radius 1 is 1.00 bits per heavy atom. The van der Waals surface area contributed by atoms with Crippen LogP contribution in [0, 0.1) is 28.6 Å². The zero-order chi connectivity index (χ0) is 23.8. The third-order valence-electron chi connectivity index (χ3n) is 10.3. The van der Waals surface area contributed by atoms with Gasteiger partial charge in [0.05, 0.1) is 26.7 Å². The van der Waals surface area contributed by atoms with Gasteiger partial charge in [-0.3, -0.25) is 4.79 Å². The van der Waals surface area contributed by atoms with Crippen LogP contribution in [0.4, 0.5) is 0 Å². The Bertz CT molecular complexity index is 1010. The maximum absolute atomic E-state index is 13.1. The van der Waals surface area contributed by atoms with Crippen molar-refractivity contribution in [3.8, 4) is 11.5 Å². The second-order valence-electron chi connectivity index (χ2n) is 11.8. The summed E-state index contributed by atoms with van der Waals surface area (Å²) in [6, 6.07) is 4.19. The number of carbonyl (C=O) groups is 1. The summed E-state index contributed by atoms with van der Waals surface area (Å²) in [4.78, 5) is 13.1. The predicted octanol–water partition coefficient (Wildman–Crippen LogP) is 6.42. The minimum absolute atomic E-state index is 0.0200. The van der Waals surface area contributed by atoms with Gasteiger partial charge in [-0.2, -0.15) is 0 Å². The van der Waals surface area contributed by atoms with Gasteiger partial charge in [-0.15, -0.1) is 0 Å². The Labute approximate surface area is 199 Å². The summed E-state index contributed by atoms with van der Waals surface area (Å²) < 4.78 is 17.3. The van der Waals surface area contributed by atoms with Gasteiger partial charge in [0.25, 0.3) is 0 Å². The van der Waals surface area contributed by atoms with Gasteiger partial charge in [0, 0.05) is 22.5 Å². The van der Waals surface area contributed by atoms with E-state index in [1.54, 1.807) is 26.9 Å². The van der Waals surface area contributed by atoms with E-state index in [0.29, 0.717) is 23.7 Å². The topological polar surface area (TPSA) is 44.8 Å². The fourth-order valence-corrected chi connectivity index (χ4v) is 9.00. The molecule has 2 saturated carbocycles. The molecule has 4 heteroatoms. The third-order valence-corrected chi connectivity index (χ3v) is 10.3. The zero-order valence-corrected chi connectivity index (χ0v) is 21.4. The van der Waals surface area contributed by atoms with Crippen LogP contribution < -0.4 is 9.47 Å². The molecule has 0 amide bonds. The lowest BCUT2D eigenvalue weighted by molar-refractivity contribution is -0.175. The minimum atomic E-state index is -0.397. The number of benzene rings is 1. The summed E-state index contributed by atoms with van der Waals surface area (Å²) in [5.74, 6) is 3.64. The zero-order valence-electron chi connectivity index (χ0n) is 21.4. The number of ether oxygens (including phenoxy) is 3. The number of fused-ring (bicyclic) bond motifs is 1. The number of esters is 1. The first-order valence-electron chi connectivity index (χ1n) is 12.7. The molecule has 0 radical (unpaired) electrons. The second-order valence-corrected chi connectivity index (χ2v) is 11.8. The standard InChI is InChI=1S/C29H40O4/c1-17(2)19-16-29-14-11-22-27(3,12-8-13-28(22,4)26(30)33-7)23(29)15-18(19)24-20(31-5)9-10-21(32-6)25(24)29/h9-10,16-18,22-23H,8,11-15H2,1-7H3/t18-,22+,23+,27-,28-,29+/m0/s1. The molecule has 1 spiro atoms.